The van der Waals surface area contributed by atoms with Crippen LogP contribution in [0.25, 0.3) is 0 Å². The Morgan fingerprint density at radius 3 is 2.43 bits per heavy atom. The molecule has 1 rings (SSSR count). The van der Waals surface area contributed by atoms with Crippen molar-refractivity contribution in [3.8, 4) is 0 Å². The minimum absolute atomic E-state index is 0.732. The number of likely N-dealkylation sites (tertiary alicyclic amines) is 1. The molecule has 4 heteroatoms. The summed E-state index contributed by atoms with van der Waals surface area (Å²) in [5, 5.41) is 4.12. The fraction of sp³-hybridized carbons (Fsp3) is 0.900. The van der Waals surface area contributed by atoms with Crippen molar-refractivity contribution in [3.05, 3.63) is 0 Å². The predicted octanol–water partition coefficient (Wildman–Crippen LogP) is 0.907. The number of rotatable bonds is 2. The SMILES string of the molecule is CCNC(=S)N1CCC(N(C)C)CC1. The van der Waals surface area contributed by atoms with Gasteiger partial charge in [0, 0.05) is 25.7 Å². The van der Waals surface area contributed by atoms with Crippen molar-refractivity contribution >= 4 is 17.3 Å². The van der Waals surface area contributed by atoms with E-state index in [1.807, 2.05) is 0 Å². The van der Waals surface area contributed by atoms with Crippen molar-refractivity contribution in [2.45, 2.75) is 25.8 Å². The summed E-state index contributed by atoms with van der Waals surface area (Å²) >= 11 is 5.28. The molecule has 0 aliphatic carbocycles. The Balaban J connectivity index is 2.31. The largest absolute Gasteiger partial charge is 0.363 e. The molecule has 0 aromatic rings. The third kappa shape index (κ3) is 3.10. The van der Waals surface area contributed by atoms with E-state index in [0.29, 0.717) is 0 Å². The van der Waals surface area contributed by atoms with Crippen LogP contribution in [0.5, 0.6) is 0 Å². The Labute approximate surface area is 92.4 Å². The van der Waals surface area contributed by atoms with E-state index in [2.05, 4.69) is 36.1 Å². The molecule has 1 N–H and O–H groups in total. The van der Waals surface area contributed by atoms with Crippen LogP contribution in [-0.4, -0.2) is 54.7 Å². The van der Waals surface area contributed by atoms with Crippen molar-refractivity contribution in [3.63, 3.8) is 0 Å². The Morgan fingerprint density at radius 2 is 2.00 bits per heavy atom. The van der Waals surface area contributed by atoms with Crippen LogP contribution in [0.2, 0.25) is 0 Å². The molecule has 0 saturated carbocycles. The number of piperidine rings is 1. The van der Waals surface area contributed by atoms with E-state index < -0.39 is 0 Å². The van der Waals surface area contributed by atoms with Gasteiger partial charge in [-0.1, -0.05) is 0 Å². The van der Waals surface area contributed by atoms with E-state index in [1.54, 1.807) is 0 Å². The molecule has 14 heavy (non-hydrogen) atoms. The van der Waals surface area contributed by atoms with Gasteiger partial charge in [-0.05, 0) is 46.1 Å². The maximum Gasteiger partial charge on any atom is 0.168 e. The lowest BCUT2D eigenvalue weighted by Gasteiger charge is -2.36. The van der Waals surface area contributed by atoms with E-state index in [-0.39, 0.29) is 0 Å². The second-order valence-electron chi connectivity index (χ2n) is 4.02. The number of nitrogens with one attached hydrogen (secondary N) is 1. The molecular weight excluding hydrogens is 194 g/mol. The Hall–Kier alpha value is -0.350. The van der Waals surface area contributed by atoms with Crippen LogP contribution in [0, 0.1) is 0 Å². The van der Waals surface area contributed by atoms with Gasteiger partial charge < -0.3 is 15.1 Å². The van der Waals surface area contributed by atoms with Crippen molar-refractivity contribution in [1.29, 1.82) is 0 Å². The van der Waals surface area contributed by atoms with Gasteiger partial charge >= 0.3 is 0 Å². The monoisotopic (exact) mass is 215 g/mol. The highest BCUT2D eigenvalue weighted by Gasteiger charge is 2.21. The summed E-state index contributed by atoms with van der Waals surface area (Å²) in [4.78, 5) is 4.59. The fourth-order valence-corrected chi connectivity index (χ4v) is 2.18. The molecule has 0 bridgehead atoms. The third-order valence-corrected chi connectivity index (χ3v) is 3.21. The lowest BCUT2D eigenvalue weighted by Crippen LogP contribution is -2.47. The van der Waals surface area contributed by atoms with Crippen LogP contribution in [0.4, 0.5) is 0 Å². The highest BCUT2D eigenvalue weighted by molar-refractivity contribution is 7.80. The van der Waals surface area contributed by atoms with Gasteiger partial charge in [0.1, 0.15) is 0 Å². The number of hydrogen-bond donors (Lipinski definition) is 1. The first-order valence-corrected chi connectivity index (χ1v) is 5.75. The maximum absolute atomic E-state index is 5.28. The van der Waals surface area contributed by atoms with Crippen LogP contribution in [0.15, 0.2) is 0 Å². The van der Waals surface area contributed by atoms with E-state index in [0.717, 1.165) is 30.8 Å². The molecule has 1 heterocycles. The molecule has 1 saturated heterocycles. The number of thiocarbonyl (C=S) groups is 1. The van der Waals surface area contributed by atoms with Crippen LogP contribution in [0.1, 0.15) is 19.8 Å². The molecule has 1 aliphatic heterocycles. The summed E-state index contributed by atoms with van der Waals surface area (Å²) in [5.74, 6) is 0. The molecule has 0 amide bonds. The van der Waals surface area contributed by atoms with Gasteiger partial charge in [-0.2, -0.15) is 0 Å². The average molecular weight is 215 g/mol. The molecule has 3 nitrogen and oxygen atoms in total. The fourth-order valence-electron chi connectivity index (χ4n) is 1.85. The smallest absolute Gasteiger partial charge is 0.168 e. The molecule has 82 valence electrons. The summed E-state index contributed by atoms with van der Waals surface area (Å²) in [5.41, 5.74) is 0. The Bertz CT molecular complexity index is 186. The summed E-state index contributed by atoms with van der Waals surface area (Å²) in [6, 6.07) is 0.732. The Kier molecular flexibility index (Phi) is 4.62. The molecule has 0 unspecified atom stereocenters. The van der Waals surface area contributed by atoms with Crippen molar-refractivity contribution < 1.29 is 0 Å². The van der Waals surface area contributed by atoms with Crippen molar-refractivity contribution in [1.82, 2.24) is 15.1 Å². The summed E-state index contributed by atoms with van der Waals surface area (Å²) < 4.78 is 0. The summed E-state index contributed by atoms with van der Waals surface area (Å²) in [6.45, 7) is 5.19. The summed E-state index contributed by atoms with van der Waals surface area (Å²) in [6.07, 6.45) is 2.44. The number of hydrogen-bond acceptors (Lipinski definition) is 2. The molecule has 1 aliphatic rings. The molecule has 0 atom stereocenters. The molecular formula is C10H21N3S. The van der Waals surface area contributed by atoms with Crippen molar-refractivity contribution in [2.24, 2.45) is 0 Å². The molecule has 0 radical (unpaired) electrons. The van der Waals surface area contributed by atoms with Gasteiger partial charge in [0.05, 0.1) is 0 Å². The van der Waals surface area contributed by atoms with Gasteiger partial charge in [0.2, 0.25) is 0 Å². The van der Waals surface area contributed by atoms with Gasteiger partial charge in [-0.25, -0.2) is 0 Å². The van der Waals surface area contributed by atoms with E-state index in [9.17, 15) is 0 Å². The van der Waals surface area contributed by atoms with E-state index in [4.69, 9.17) is 12.2 Å². The van der Waals surface area contributed by atoms with E-state index in [1.165, 1.54) is 12.8 Å². The zero-order chi connectivity index (χ0) is 10.6. The first-order valence-electron chi connectivity index (χ1n) is 5.34. The second kappa shape index (κ2) is 5.51. The molecule has 1 fully saturated rings. The van der Waals surface area contributed by atoms with Gasteiger partial charge in [-0.3, -0.25) is 0 Å². The van der Waals surface area contributed by atoms with Crippen LogP contribution < -0.4 is 5.32 Å². The summed E-state index contributed by atoms with van der Waals surface area (Å²) in [7, 11) is 4.31. The van der Waals surface area contributed by atoms with Gasteiger partial charge in [0.15, 0.2) is 5.11 Å². The highest BCUT2D eigenvalue weighted by atomic mass is 32.1. The third-order valence-electron chi connectivity index (χ3n) is 2.81. The zero-order valence-electron chi connectivity index (χ0n) is 9.42. The standard InChI is InChI=1S/C10H21N3S/c1-4-11-10(14)13-7-5-9(6-8-13)12(2)3/h9H,4-8H2,1-3H3,(H,11,14). The first kappa shape index (κ1) is 11.7. The lowest BCUT2D eigenvalue weighted by atomic mass is 10.0. The average Bonchev–Trinajstić information content (AvgIpc) is 2.18. The van der Waals surface area contributed by atoms with E-state index >= 15 is 0 Å². The van der Waals surface area contributed by atoms with Crippen LogP contribution >= 0.6 is 12.2 Å². The minimum atomic E-state index is 0.732. The Morgan fingerprint density at radius 1 is 1.43 bits per heavy atom. The zero-order valence-corrected chi connectivity index (χ0v) is 10.2. The first-order chi connectivity index (χ1) is 6.65. The predicted molar refractivity (Wildman–Crippen MR) is 64.6 cm³/mol. The van der Waals surface area contributed by atoms with Crippen LogP contribution in [-0.2, 0) is 0 Å². The van der Waals surface area contributed by atoms with Gasteiger partial charge in [-0.15, -0.1) is 0 Å². The molecule has 0 aromatic carbocycles. The lowest BCUT2D eigenvalue weighted by molar-refractivity contribution is 0.190. The number of nitrogens with zero attached hydrogens (tertiary/aromatic N) is 2. The topological polar surface area (TPSA) is 18.5 Å². The van der Waals surface area contributed by atoms with Crippen molar-refractivity contribution in [2.75, 3.05) is 33.7 Å². The normalized spacial score (nSPS) is 18.7. The van der Waals surface area contributed by atoms with Crippen LogP contribution in [0.3, 0.4) is 0 Å². The second-order valence-corrected chi connectivity index (χ2v) is 4.40. The maximum atomic E-state index is 5.28. The van der Waals surface area contributed by atoms with Gasteiger partial charge in [0.25, 0.3) is 0 Å². The molecule has 0 spiro atoms. The molecule has 0 aromatic heterocycles. The highest BCUT2D eigenvalue weighted by Crippen LogP contribution is 2.13. The minimum Gasteiger partial charge on any atom is -0.363 e. The quantitative estimate of drug-likeness (QED) is 0.690.